The molecule has 2 heterocycles. The fourth-order valence-electron chi connectivity index (χ4n) is 6.79. The Labute approximate surface area is 187 Å². The van der Waals surface area contributed by atoms with Crippen molar-refractivity contribution < 1.29 is 9.53 Å². The van der Waals surface area contributed by atoms with E-state index in [1.165, 1.54) is 36.1 Å². The Morgan fingerprint density at radius 1 is 1.16 bits per heavy atom. The molecule has 4 heteroatoms. The van der Waals surface area contributed by atoms with Crippen LogP contribution in [0.1, 0.15) is 50.7 Å². The standard InChI is InChI=1S/C27H38N2O2/c1-18-7-5-9-24(20(18)3)29-13-11-28(12-14-29)17-22-21-15-23-19(2)8-6-10-27(23,4)16-25(21)31-26(22)30/h5,7,9,15,19,21-22,25H,6,8,10-14,16-17H2,1-4H3/t19-,21+,22-,25+,27+/m0/s1. The molecule has 168 valence electrons. The molecule has 3 fully saturated rings. The van der Waals surface area contributed by atoms with Crippen LogP contribution in [0.25, 0.3) is 0 Å². The lowest BCUT2D eigenvalue weighted by Crippen LogP contribution is -2.49. The van der Waals surface area contributed by atoms with Crippen LogP contribution in [0, 0.1) is 37.0 Å². The van der Waals surface area contributed by atoms with Crippen molar-refractivity contribution in [1.29, 1.82) is 0 Å². The zero-order chi connectivity index (χ0) is 21.8. The second kappa shape index (κ2) is 7.95. The summed E-state index contributed by atoms with van der Waals surface area (Å²) in [5.41, 5.74) is 5.96. The topological polar surface area (TPSA) is 32.8 Å². The Hall–Kier alpha value is -1.81. The van der Waals surface area contributed by atoms with E-state index in [9.17, 15) is 4.79 Å². The number of aryl methyl sites for hydroxylation is 1. The summed E-state index contributed by atoms with van der Waals surface area (Å²) in [5, 5.41) is 0. The van der Waals surface area contributed by atoms with Gasteiger partial charge >= 0.3 is 5.97 Å². The molecule has 0 aromatic heterocycles. The quantitative estimate of drug-likeness (QED) is 0.520. The fraction of sp³-hybridized carbons (Fsp3) is 0.667. The molecule has 0 unspecified atom stereocenters. The molecule has 2 aliphatic heterocycles. The van der Waals surface area contributed by atoms with Crippen molar-refractivity contribution in [3.8, 4) is 0 Å². The Morgan fingerprint density at radius 2 is 1.94 bits per heavy atom. The van der Waals surface area contributed by atoms with E-state index < -0.39 is 0 Å². The lowest BCUT2D eigenvalue weighted by molar-refractivity contribution is -0.145. The van der Waals surface area contributed by atoms with Crippen LogP contribution in [0.15, 0.2) is 29.8 Å². The van der Waals surface area contributed by atoms with Crippen molar-refractivity contribution >= 4 is 11.7 Å². The van der Waals surface area contributed by atoms with Gasteiger partial charge in [-0.25, -0.2) is 0 Å². The largest absolute Gasteiger partial charge is 0.461 e. The highest BCUT2D eigenvalue weighted by atomic mass is 16.6. The predicted molar refractivity (Wildman–Crippen MR) is 125 cm³/mol. The van der Waals surface area contributed by atoms with Crippen LogP contribution in [0.2, 0.25) is 0 Å². The normalized spacial score (nSPS) is 35.9. The highest BCUT2D eigenvalue weighted by Crippen LogP contribution is 2.54. The van der Waals surface area contributed by atoms with Gasteiger partial charge in [0, 0.05) is 44.3 Å². The summed E-state index contributed by atoms with van der Waals surface area (Å²) in [6, 6.07) is 6.59. The van der Waals surface area contributed by atoms with E-state index in [2.05, 4.69) is 61.8 Å². The molecule has 0 spiro atoms. The summed E-state index contributed by atoms with van der Waals surface area (Å²) in [6.07, 6.45) is 7.44. The van der Waals surface area contributed by atoms with E-state index in [4.69, 9.17) is 4.74 Å². The Morgan fingerprint density at radius 3 is 2.71 bits per heavy atom. The molecule has 4 nitrogen and oxygen atoms in total. The molecule has 1 aromatic rings. The summed E-state index contributed by atoms with van der Waals surface area (Å²) in [5.74, 6) is 0.965. The first-order valence-corrected chi connectivity index (χ1v) is 12.3. The smallest absolute Gasteiger partial charge is 0.311 e. The maximum Gasteiger partial charge on any atom is 0.311 e. The summed E-state index contributed by atoms with van der Waals surface area (Å²) < 4.78 is 5.97. The Kier molecular flexibility index (Phi) is 5.40. The van der Waals surface area contributed by atoms with Crippen LogP contribution < -0.4 is 4.90 Å². The van der Waals surface area contributed by atoms with Gasteiger partial charge in [0.15, 0.2) is 0 Å². The molecule has 5 rings (SSSR count). The first kappa shape index (κ1) is 21.1. The number of carbonyl (C=O) groups excluding carboxylic acids is 1. The lowest BCUT2D eigenvalue weighted by atomic mass is 9.59. The average molecular weight is 423 g/mol. The fourth-order valence-corrected chi connectivity index (χ4v) is 6.79. The second-order valence-corrected chi connectivity index (χ2v) is 10.8. The van der Waals surface area contributed by atoms with E-state index in [1.54, 1.807) is 5.57 Å². The number of benzene rings is 1. The molecule has 0 amide bonds. The minimum Gasteiger partial charge on any atom is -0.461 e. The molecule has 0 bridgehead atoms. The molecule has 0 radical (unpaired) electrons. The van der Waals surface area contributed by atoms with Crippen LogP contribution in [-0.4, -0.2) is 49.7 Å². The molecule has 5 atom stereocenters. The molecule has 1 saturated carbocycles. The number of allylic oxidation sites excluding steroid dienone is 1. The first-order valence-electron chi connectivity index (χ1n) is 12.3. The van der Waals surface area contributed by atoms with Gasteiger partial charge in [-0.3, -0.25) is 9.69 Å². The number of hydrogen-bond acceptors (Lipinski definition) is 4. The van der Waals surface area contributed by atoms with Crippen molar-refractivity contribution in [2.45, 2.75) is 59.5 Å². The van der Waals surface area contributed by atoms with E-state index in [-0.39, 0.29) is 29.3 Å². The molecule has 0 N–H and O–H groups in total. The molecule has 2 aliphatic carbocycles. The summed E-state index contributed by atoms with van der Waals surface area (Å²) in [4.78, 5) is 17.9. The Balaban J connectivity index is 1.27. The second-order valence-electron chi connectivity index (χ2n) is 10.8. The van der Waals surface area contributed by atoms with E-state index in [0.717, 1.165) is 39.1 Å². The first-order chi connectivity index (χ1) is 14.9. The lowest BCUT2D eigenvalue weighted by Gasteiger charge is -2.46. The van der Waals surface area contributed by atoms with Crippen LogP contribution in [0.4, 0.5) is 5.69 Å². The highest BCUT2D eigenvalue weighted by molar-refractivity contribution is 5.76. The average Bonchev–Trinajstić information content (AvgIpc) is 3.03. The minimum atomic E-state index is 0.00318. The number of anilines is 1. The molecule has 2 saturated heterocycles. The van der Waals surface area contributed by atoms with Gasteiger partial charge in [0.25, 0.3) is 0 Å². The molecular formula is C27H38N2O2. The number of esters is 1. The van der Waals surface area contributed by atoms with Crippen molar-refractivity contribution in [2.24, 2.45) is 23.2 Å². The van der Waals surface area contributed by atoms with E-state index >= 15 is 0 Å². The van der Waals surface area contributed by atoms with Gasteiger partial charge in [-0.05, 0) is 61.6 Å². The maximum absolute atomic E-state index is 12.9. The van der Waals surface area contributed by atoms with Gasteiger partial charge in [0.05, 0.1) is 5.92 Å². The molecular weight excluding hydrogens is 384 g/mol. The van der Waals surface area contributed by atoms with Crippen LogP contribution in [0.5, 0.6) is 0 Å². The van der Waals surface area contributed by atoms with Gasteiger partial charge in [-0.15, -0.1) is 0 Å². The third-order valence-electron chi connectivity index (χ3n) is 8.83. The van der Waals surface area contributed by atoms with Crippen molar-refractivity contribution in [3.63, 3.8) is 0 Å². The van der Waals surface area contributed by atoms with E-state index in [1.807, 2.05) is 0 Å². The van der Waals surface area contributed by atoms with E-state index in [0.29, 0.717) is 5.92 Å². The summed E-state index contributed by atoms with van der Waals surface area (Å²) >= 11 is 0. The number of carbonyl (C=O) groups is 1. The molecule has 31 heavy (non-hydrogen) atoms. The minimum absolute atomic E-state index is 0.00318. The number of hydrogen-bond donors (Lipinski definition) is 0. The summed E-state index contributed by atoms with van der Waals surface area (Å²) in [6.45, 7) is 14.1. The Bertz CT molecular complexity index is 885. The van der Waals surface area contributed by atoms with Crippen LogP contribution in [-0.2, 0) is 9.53 Å². The predicted octanol–water partition coefficient (Wildman–Crippen LogP) is 4.74. The van der Waals surface area contributed by atoms with Crippen molar-refractivity contribution in [3.05, 3.63) is 41.0 Å². The number of ether oxygens (including phenoxy) is 1. The number of nitrogens with zero attached hydrogens (tertiary/aromatic N) is 2. The number of rotatable bonds is 3. The van der Waals surface area contributed by atoms with Gasteiger partial charge < -0.3 is 9.64 Å². The third-order valence-corrected chi connectivity index (χ3v) is 8.83. The zero-order valence-electron chi connectivity index (χ0n) is 19.7. The SMILES string of the molecule is Cc1cccc(N2CCN(C[C@@H]3C(=O)O[C@@H]4C[C@@]5(C)CCC[C@H](C)C5=C[C@H]34)CC2)c1C. The van der Waals surface area contributed by atoms with Crippen LogP contribution in [0.3, 0.4) is 0 Å². The highest BCUT2D eigenvalue weighted by Gasteiger charge is 2.52. The van der Waals surface area contributed by atoms with Gasteiger partial charge in [-0.1, -0.05) is 44.1 Å². The molecule has 1 aromatic carbocycles. The van der Waals surface area contributed by atoms with Crippen LogP contribution >= 0.6 is 0 Å². The maximum atomic E-state index is 12.9. The van der Waals surface area contributed by atoms with Crippen molar-refractivity contribution in [2.75, 3.05) is 37.6 Å². The summed E-state index contributed by atoms with van der Waals surface area (Å²) in [7, 11) is 0. The third kappa shape index (κ3) is 3.71. The van der Waals surface area contributed by atoms with Gasteiger partial charge in [0.2, 0.25) is 0 Å². The van der Waals surface area contributed by atoms with Gasteiger partial charge in [0.1, 0.15) is 6.10 Å². The monoisotopic (exact) mass is 422 g/mol. The molecule has 4 aliphatic rings. The zero-order valence-corrected chi connectivity index (χ0v) is 19.7. The van der Waals surface area contributed by atoms with Gasteiger partial charge in [-0.2, -0.15) is 0 Å². The number of piperazine rings is 1. The number of fused-ring (bicyclic) bond motifs is 2. The van der Waals surface area contributed by atoms with Crippen molar-refractivity contribution in [1.82, 2.24) is 4.90 Å².